The lowest BCUT2D eigenvalue weighted by Gasteiger charge is -2.39. The Kier molecular flexibility index (Phi) is 4.35. The Labute approximate surface area is 150 Å². The van der Waals surface area contributed by atoms with Crippen molar-refractivity contribution in [3.63, 3.8) is 0 Å². The molecule has 0 saturated heterocycles. The van der Waals surface area contributed by atoms with E-state index in [2.05, 4.69) is 5.32 Å². The van der Waals surface area contributed by atoms with Crippen molar-refractivity contribution in [3.8, 4) is 5.75 Å². The number of esters is 2. The number of carbonyl (C=O) groups excluding carboxylic acids is 3. The highest BCUT2D eigenvalue weighted by atomic mass is 16.7. The van der Waals surface area contributed by atoms with E-state index in [-0.39, 0.29) is 24.5 Å². The van der Waals surface area contributed by atoms with Gasteiger partial charge in [0.25, 0.3) is 0 Å². The van der Waals surface area contributed by atoms with E-state index < -0.39 is 29.4 Å². The highest BCUT2D eigenvalue weighted by molar-refractivity contribution is 5.91. The summed E-state index contributed by atoms with van der Waals surface area (Å²) in [6.45, 7) is 4.93. The summed E-state index contributed by atoms with van der Waals surface area (Å²) in [6, 6.07) is 6.63. The van der Waals surface area contributed by atoms with Crippen molar-refractivity contribution in [2.75, 3.05) is 6.61 Å². The predicted molar refractivity (Wildman–Crippen MR) is 87.9 cm³/mol. The minimum Gasteiger partial charge on any atom is -0.464 e. The van der Waals surface area contributed by atoms with E-state index >= 15 is 0 Å². The van der Waals surface area contributed by atoms with Gasteiger partial charge in [0.2, 0.25) is 5.79 Å². The van der Waals surface area contributed by atoms with E-state index in [4.69, 9.17) is 18.9 Å². The van der Waals surface area contributed by atoms with Crippen molar-refractivity contribution in [2.24, 2.45) is 0 Å². The Balaban J connectivity index is 2.08. The molecule has 0 radical (unpaired) electrons. The number of nitrogens with one attached hydrogen (secondary N) is 1. The zero-order valence-corrected chi connectivity index (χ0v) is 14.7. The molecule has 3 rings (SSSR count). The van der Waals surface area contributed by atoms with Gasteiger partial charge in [-0.15, -0.1) is 0 Å². The Bertz CT molecular complexity index is 798. The highest BCUT2D eigenvalue weighted by Gasteiger charge is 2.50. The number of hydrogen-bond acceptors (Lipinski definition) is 7. The van der Waals surface area contributed by atoms with Crippen LogP contribution < -0.4 is 10.1 Å². The molecule has 0 fully saturated rings. The zero-order valence-electron chi connectivity index (χ0n) is 14.7. The highest BCUT2D eigenvalue weighted by Crippen LogP contribution is 2.40. The average Bonchev–Trinajstić information content (AvgIpc) is 2.52. The number of carbonyl (C=O) groups is 3. The molecule has 138 valence electrons. The second-order valence-electron chi connectivity index (χ2n) is 6.35. The van der Waals surface area contributed by atoms with Crippen LogP contribution in [-0.4, -0.2) is 30.4 Å². The van der Waals surface area contributed by atoms with E-state index in [1.165, 1.54) is 0 Å². The van der Waals surface area contributed by atoms with E-state index in [1.807, 2.05) is 0 Å². The zero-order chi connectivity index (χ0) is 18.9. The fourth-order valence-electron chi connectivity index (χ4n) is 3.02. The summed E-state index contributed by atoms with van der Waals surface area (Å²) < 4.78 is 21.1. The van der Waals surface area contributed by atoms with Gasteiger partial charge in [-0.05, 0) is 13.0 Å². The fourth-order valence-corrected chi connectivity index (χ4v) is 3.02. The lowest BCUT2D eigenvalue weighted by Crippen LogP contribution is -2.57. The van der Waals surface area contributed by atoms with Gasteiger partial charge in [-0.1, -0.05) is 18.2 Å². The van der Waals surface area contributed by atoms with Crippen molar-refractivity contribution in [1.82, 2.24) is 5.32 Å². The number of amides is 1. The predicted octanol–water partition coefficient (Wildman–Crippen LogP) is 2.13. The molecular formula is C18H19NO7. The minimum atomic E-state index is -1.58. The topological polar surface area (TPSA) is 100 Å². The maximum Gasteiger partial charge on any atom is 0.413 e. The monoisotopic (exact) mass is 361 g/mol. The first-order chi connectivity index (χ1) is 12.3. The third-order valence-corrected chi connectivity index (χ3v) is 3.93. The molecule has 1 aromatic carbocycles. The quantitative estimate of drug-likeness (QED) is 0.820. The summed E-state index contributed by atoms with van der Waals surface area (Å²) in [5.41, 5.74) is -1.17. The van der Waals surface area contributed by atoms with Crippen LogP contribution in [0.3, 0.4) is 0 Å². The summed E-state index contributed by atoms with van der Waals surface area (Å²) in [7, 11) is 0. The van der Waals surface area contributed by atoms with E-state index in [9.17, 15) is 14.4 Å². The van der Waals surface area contributed by atoms with Gasteiger partial charge in [0.05, 0.1) is 12.7 Å². The van der Waals surface area contributed by atoms with Gasteiger partial charge in [-0.25, -0.2) is 14.4 Å². The SMILES string of the molecule is CCOC(=O)[C@]1(CC2=CC(=O)OC(C)(C)O2)NC(=O)Oc2ccccc21. The van der Waals surface area contributed by atoms with Crippen LogP contribution in [0, 0.1) is 0 Å². The third kappa shape index (κ3) is 3.22. The summed E-state index contributed by atoms with van der Waals surface area (Å²) in [5.74, 6) is -2.03. The van der Waals surface area contributed by atoms with Crippen LogP contribution in [-0.2, 0) is 29.3 Å². The lowest BCUT2D eigenvalue weighted by molar-refractivity contribution is -0.207. The van der Waals surface area contributed by atoms with Crippen molar-refractivity contribution in [2.45, 2.75) is 38.5 Å². The third-order valence-electron chi connectivity index (χ3n) is 3.93. The molecule has 2 aliphatic heterocycles. The average molecular weight is 361 g/mol. The molecule has 8 nitrogen and oxygen atoms in total. The molecule has 0 aliphatic carbocycles. The van der Waals surface area contributed by atoms with Crippen molar-refractivity contribution in [3.05, 3.63) is 41.7 Å². The van der Waals surface area contributed by atoms with Crippen molar-refractivity contribution < 1.29 is 33.3 Å². The van der Waals surface area contributed by atoms with Crippen LogP contribution >= 0.6 is 0 Å². The Morgan fingerprint density at radius 1 is 1.19 bits per heavy atom. The first-order valence-corrected chi connectivity index (χ1v) is 8.15. The Hall–Kier alpha value is -3.03. The number of fused-ring (bicyclic) bond motifs is 1. The summed E-state index contributed by atoms with van der Waals surface area (Å²) >= 11 is 0. The van der Waals surface area contributed by atoms with Crippen molar-refractivity contribution in [1.29, 1.82) is 0 Å². The van der Waals surface area contributed by atoms with Crippen LogP contribution in [0.1, 0.15) is 32.8 Å². The number of rotatable bonds is 4. The molecule has 0 aromatic heterocycles. The minimum absolute atomic E-state index is 0.118. The second-order valence-corrected chi connectivity index (χ2v) is 6.35. The molecule has 2 aliphatic rings. The number of ether oxygens (including phenoxy) is 4. The molecule has 0 spiro atoms. The molecule has 2 heterocycles. The van der Waals surface area contributed by atoms with Gasteiger partial charge in [-0.2, -0.15) is 0 Å². The summed E-state index contributed by atoms with van der Waals surface area (Å²) in [6.07, 6.45) is 0.224. The van der Waals surface area contributed by atoms with Gasteiger partial charge in [0, 0.05) is 25.8 Å². The second kappa shape index (κ2) is 6.36. The lowest BCUT2D eigenvalue weighted by atomic mass is 9.84. The number of hydrogen-bond donors (Lipinski definition) is 1. The molecule has 8 heteroatoms. The molecular weight excluding hydrogens is 342 g/mol. The maximum atomic E-state index is 12.9. The first kappa shape index (κ1) is 17.8. The van der Waals surface area contributed by atoms with Crippen LogP contribution in [0.15, 0.2) is 36.1 Å². The summed E-state index contributed by atoms with van der Waals surface area (Å²) in [5, 5.41) is 2.55. The van der Waals surface area contributed by atoms with Crippen LogP contribution in [0.2, 0.25) is 0 Å². The molecule has 1 aromatic rings. The van der Waals surface area contributed by atoms with Crippen LogP contribution in [0.25, 0.3) is 0 Å². The molecule has 1 N–H and O–H groups in total. The smallest absolute Gasteiger partial charge is 0.413 e. The largest absolute Gasteiger partial charge is 0.464 e. The first-order valence-electron chi connectivity index (χ1n) is 8.15. The van der Waals surface area contributed by atoms with Gasteiger partial charge in [-0.3, -0.25) is 0 Å². The van der Waals surface area contributed by atoms with Crippen LogP contribution in [0.4, 0.5) is 4.79 Å². The van der Waals surface area contributed by atoms with Gasteiger partial charge in [0.1, 0.15) is 11.5 Å². The maximum absolute atomic E-state index is 12.9. The van der Waals surface area contributed by atoms with Crippen molar-refractivity contribution >= 4 is 18.0 Å². The molecule has 1 amide bonds. The number of para-hydroxylation sites is 1. The molecule has 1 atom stereocenters. The van der Waals surface area contributed by atoms with E-state index in [1.54, 1.807) is 45.0 Å². The normalized spacial score (nSPS) is 23.4. The van der Waals surface area contributed by atoms with Gasteiger partial charge >= 0.3 is 18.0 Å². The fraction of sp³-hybridized carbons (Fsp3) is 0.389. The van der Waals surface area contributed by atoms with Crippen LogP contribution in [0.5, 0.6) is 5.75 Å². The van der Waals surface area contributed by atoms with Gasteiger partial charge in [0.15, 0.2) is 5.54 Å². The number of benzene rings is 1. The van der Waals surface area contributed by atoms with E-state index in [0.717, 1.165) is 6.08 Å². The Morgan fingerprint density at radius 3 is 2.62 bits per heavy atom. The molecule has 0 saturated carbocycles. The summed E-state index contributed by atoms with van der Waals surface area (Å²) in [4.78, 5) is 36.8. The standard InChI is InChI=1S/C18H19NO7/c1-4-23-15(21)18(10-11-9-14(20)26-17(2,3)25-11)12-7-5-6-8-13(12)24-16(22)19-18/h5-9H,4,10H2,1-3H3,(H,19,22)/t18-/m1/s1. The molecule has 26 heavy (non-hydrogen) atoms. The Morgan fingerprint density at radius 2 is 1.92 bits per heavy atom. The number of cyclic esters (lactones) is 1. The molecule has 0 unspecified atom stereocenters. The van der Waals surface area contributed by atoms with E-state index in [0.29, 0.717) is 5.56 Å². The molecule has 0 bridgehead atoms. The van der Waals surface area contributed by atoms with Gasteiger partial charge < -0.3 is 24.3 Å².